The average Bonchev–Trinajstić information content (AvgIpc) is 3.33. The molecular formula is C17H21N5O4. The summed E-state index contributed by atoms with van der Waals surface area (Å²) in [5.41, 5.74) is 0.905. The minimum absolute atomic E-state index is 0.127. The first kappa shape index (κ1) is 16.6. The molecule has 9 nitrogen and oxygen atoms in total. The van der Waals surface area contributed by atoms with Crippen LogP contribution in [-0.4, -0.2) is 59.6 Å². The molecule has 2 bridgehead atoms. The topological polar surface area (TPSA) is 87.0 Å². The summed E-state index contributed by atoms with van der Waals surface area (Å²) in [5, 5.41) is 13.3. The fourth-order valence-electron chi connectivity index (χ4n) is 4.05. The van der Waals surface area contributed by atoms with Crippen molar-refractivity contribution >= 4 is 17.9 Å². The van der Waals surface area contributed by atoms with Gasteiger partial charge >= 0.3 is 12.2 Å². The Balaban J connectivity index is 1.66. The number of fused-ring (bicyclic) bond motifs is 5. The Bertz CT molecular complexity index is 727. The molecule has 138 valence electrons. The summed E-state index contributed by atoms with van der Waals surface area (Å²) in [6, 6.07) is 8.83. The number of amides is 2. The number of hydrogen-bond donors (Lipinski definition) is 0. The van der Waals surface area contributed by atoms with Crippen molar-refractivity contribution in [3.8, 4) is 0 Å². The lowest BCUT2D eigenvalue weighted by Crippen LogP contribution is -2.63. The van der Waals surface area contributed by atoms with Crippen molar-refractivity contribution < 1.29 is 19.1 Å². The van der Waals surface area contributed by atoms with E-state index in [1.807, 2.05) is 35.3 Å². The third-order valence-electron chi connectivity index (χ3n) is 4.98. The molecule has 26 heavy (non-hydrogen) atoms. The molecule has 1 aromatic carbocycles. The van der Waals surface area contributed by atoms with E-state index in [-0.39, 0.29) is 37.4 Å². The van der Waals surface area contributed by atoms with Crippen LogP contribution in [-0.2, 0) is 9.47 Å². The van der Waals surface area contributed by atoms with Gasteiger partial charge in [0.2, 0.25) is 0 Å². The highest BCUT2D eigenvalue weighted by Crippen LogP contribution is 2.46. The van der Waals surface area contributed by atoms with Gasteiger partial charge in [-0.05, 0) is 32.4 Å². The largest absolute Gasteiger partial charge is 0.448 e. The molecule has 1 saturated heterocycles. The fraction of sp³-hybridized carbons (Fsp3) is 0.529. The van der Waals surface area contributed by atoms with Crippen LogP contribution in [0.15, 0.2) is 40.7 Å². The first-order valence-electron chi connectivity index (χ1n) is 8.84. The smallest absolute Gasteiger partial charge is 0.429 e. The molecule has 3 aliphatic rings. The van der Waals surface area contributed by atoms with E-state index in [9.17, 15) is 9.59 Å². The number of rotatable bonds is 3. The second kappa shape index (κ2) is 6.47. The van der Waals surface area contributed by atoms with E-state index >= 15 is 0 Å². The lowest BCUT2D eigenvalue weighted by molar-refractivity contribution is -0.0456. The van der Waals surface area contributed by atoms with Crippen molar-refractivity contribution in [1.82, 2.24) is 10.0 Å². The molecule has 0 radical (unpaired) electrons. The Morgan fingerprint density at radius 3 is 2.27 bits per heavy atom. The van der Waals surface area contributed by atoms with E-state index in [0.29, 0.717) is 6.42 Å². The van der Waals surface area contributed by atoms with Crippen LogP contribution in [0.2, 0.25) is 0 Å². The minimum atomic E-state index is -0.556. The molecule has 1 aliphatic carbocycles. The summed E-state index contributed by atoms with van der Waals surface area (Å²) >= 11 is 0. The number of anilines is 1. The van der Waals surface area contributed by atoms with Crippen LogP contribution in [0.1, 0.15) is 20.3 Å². The molecule has 1 saturated carbocycles. The summed E-state index contributed by atoms with van der Waals surface area (Å²) in [7, 11) is 0. The maximum absolute atomic E-state index is 12.6. The second-order valence-electron chi connectivity index (χ2n) is 6.32. The molecule has 0 spiro atoms. The average molecular weight is 359 g/mol. The number of hydrazine groups is 1. The van der Waals surface area contributed by atoms with Crippen molar-refractivity contribution in [2.45, 2.75) is 44.4 Å². The number of ether oxygens (including phenoxy) is 2. The highest BCUT2D eigenvalue weighted by Gasteiger charge is 2.64. The van der Waals surface area contributed by atoms with Crippen LogP contribution in [0.25, 0.3) is 0 Å². The Morgan fingerprint density at radius 2 is 1.65 bits per heavy atom. The normalized spacial score (nSPS) is 28.5. The van der Waals surface area contributed by atoms with Crippen LogP contribution >= 0.6 is 0 Å². The van der Waals surface area contributed by atoms with E-state index in [1.165, 1.54) is 10.0 Å². The first-order valence-corrected chi connectivity index (χ1v) is 8.84. The van der Waals surface area contributed by atoms with Crippen LogP contribution in [0.3, 0.4) is 0 Å². The SMILES string of the molecule is CCOC(=O)N1[C@H]2C[C@@H]([C@H]3[C@H]2N=NN3c2ccccc2)N1C(=O)OCC. The lowest BCUT2D eigenvalue weighted by Gasteiger charge is -2.41. The van der Waals surface area contributed by atoms with E-state index in [2.05, 4.69) is 10.3 Å². The van der Waals surface area contributed by atoms with Crippen molar-refractivity contribution in [2.24, 2.45) is 10.3 Å². The molecule has 0 N–H and O–H groups in total. The number of benzene rings is 1. The maximum atomic E-state index is 12.6. The Morgan fingerprint density at radius 1 is 1.04 bits per heavy atom. The molecule has 0 aromatic heterocycles. The molecule has 9 heteroatoms. The van der Waals surface area contributed by atoms with Gasteiger partial charge in [-0.25, -0.2) is 24.6 Å². The van der Waals surface area contributed by atoms with Gasteiger partial charge in [0.15, 0.2) is 0 Å². The summed E-state index contributed by atoms with van der Waals surface area (Å²) < 4.78 is 10.3. The zero-order valence-electron chi connectivity index (χ0n) is 14.7. The molecular weight excluding hydrogens is 338 g/mol. The number of nitrogens with zero attached hydrogens (tertiary/aromatic N) is 5. The van der Waals surface area contributed by atoms with Gasteiger partial charge in [-0.2, -0.15) is 5.11 Å². The second-order valence-corrected chi connectivity index (χ2v) is 6.32. The van der Waals surface area contributed by atoms with Crippen LogP contribution in [0.4, 0.5) is 15.3 Å². The van der Waals surface area contributed by atoms with Gasteiger partial charge in [-0.15, -0.1) is 0 Å². The van der Waals surface area contributed by atoms with Crippen molar-refractivity contribution in [1.29, 1.82) is 0 Å². The molecule has 0 unspecified atom stereocenters. The molecule has 2 aliphatic heterocycles. The van der Waals surface area contributed by atoms with Gasteiger partial charge in [-0.3, -0.25) is 0 Å². The highest BCUT2D eigenvalue weighted by molar-refractivity contribution is 5.77. The quantitative estimate of drug-likeness (QED) is 0.828. The molecule has 2 heterocycles. The van der Waals surface area contributed by atoms with E-state index in [4.69, 9.17) is 9.47 Å². The molecule has 2 fully saturated rings. The van der Waals surface area contributed by atoms with E-state index < -0.39 is 12.2 Å². The van der Waals surface area contributed by atoms with Gasteiger partial charge in [0, 0.05) is 0 Å². The van der Waals surface area contributed by atoms with Crippen molar-refractivity contribution in [2.75, 3.05) is 18.2 Å². The predicted molar refractivity (Wildman–Crippen MR) is 91.3 cm³/mol. The van der Waals surface area contributed by atoms with E-state index in [1.54, 1.807) is 13.8 Å². The number of carbonyl (C=O) groups excluding carboxylic acids is 2. The van der Waals surface area contributed by atoms with Crippen LogP contribution < -0.4 is 5.01 Å². The Labute approximate surface area is 151 Å². The van der Waals surface area contributed by atoms with Crippen LogP contribution in [0, 0.1) is 0 Å². The zero-order chi connectivity index (χ0) is 18.3. The standard InChI is InChI=1S/C17H21N5O4/c1-3-25-16(23)21-12-10-13(22(21)17(24)26-4-2)15-14(12)18-19-20(15)11-8-6-5-7-9-11/h5-9,12-15H,3-4,10H2,1-2H3/t12-,13-,14-,15-/m0/s1. The summed E-state index contributed by atoms with van der Waals surface area (Å²) in [6.07, 6.45) is -0.485. The zero-order valence-corrected chi connectivity index (χ0v) is 14.7. The number of para-hydroxylation sites is 1. The summed E-state index contributed by atoms with van der Waals surface area (Å²) in [5.74, 6) is 0. The van der Waals surface area contributed by atoms with Gasteiger partial charge in [-0.1, -0.05) is 23.4 Å². The van der Waals surface area contributed by atoms with E-state index in [0.717, 1.165) is 5.69 Å². The third-order valence-corrected chi connectivity index (χ3v) is 4.98. The summed E-state index contributed by atoms with van der Waals surface area (Å²) in [6.45, 7) is 3.93. The van der Waals surface area contributed by atoms with Crippen molar-refractivity contribution in [3.05, 3.63) is 30.3 Å². The minimum Gasteiger partial charge on any atom is -0.448 e. The monoisotopic (exact) mass is 359 g/mol. The predicted octanol–water partition coefficient (Wildman–Crippen LogP) is 2.60. The van der Waals surface area contributed by atoms with Gasteiger partial charge in [0.05, 0.1) is 31.0 Å². The maximum Gasteiger partial charge on any atom is 0.429 e. The number of carbonyl (C=O) groups is 2. The van der Waals surface area contributed by atoms with Gasteiger partial charge < -0.3 is 9.47 Å². The van der Waals surface area contributed by atoms with Crippen molar-refractivity contribution in [3.63, 3.8) is 0 Å². The highest BCUT2D eigenvalue weighted by atomic mass is 16.6. The fourth-order valence-corrected chi connectivity index (χ4v) is 4.05. The number of hydrogen-bond acceptors (Lipinski definition) is 7. The molecule has 4 rings (SSSR count). The third kappa shape index (κ3) is 2.38. The lowest BCUT2D eigenvalue weighted by atomic mass is 10.1. The van der Waals surface area contributed by atoms with Crippen LogP contribution in [0.5, 0.6) is 0 Å². The van der Waals surface area contributed by atoms with Gasteiger partial charge in [0.25, 0.3) is 0 Å². The molecule has 1 aromatic rings. The Kier molecular flexibility index (Phi) is 4.14. The first-order chi connectivity index (χ1) is 12.7. The Hall–Kier alpha value is -2.84. The van der Waals surface area contributed by atoms with Gasteiger partial charge in [0.1, 0.15) is 12.1 Å². The molecule has 2 amide bonds. The summed E-state index contributed by atoms with van der Waals surface area (Å²) in [4.78, 5) is 25.0. The molecule has 4 atom stereocenters.